The van der Waals surface area contributed by atoms with E-state index < -0.39 is 5.60 Å². The number of ketones is 1. The lowest BCUT2D eigenvalue weighted by atomic mass is 9.92. The van der Waals surface area contributed by atoms with Crippen molar-refractivity contribution in [1.29, 1.82) is 0 Å². The molecule has 0 fully saturated rings. The molecule has 120 valence electrons. The minimum absolute atomic E-state index is 0.152. The highest BCUT2D eigenvalue weighted by atomic mass is 16.3. The van der Waals surface area contributed by atoms with Crippen molar-refractivity contribution in [3.63, 3.8) is 0 Å². The van der Waals surface area contributed by atoms with E-state index in [1.54, 1.807) is 23.0 Å². The van der Waals surface area contributed by atoms with Crippen molar-refractivity contribution in [3.05, 3.63) is 71.3 Å². The molecule has 0 aliphatic heterocycles. The van der Waals surface area contributed by atoms with Gasteiger partial charge in [-0.25, -0.2) is 4.98 Å². The molecule has 1 aliphatic carbocycles. The van der Waals surface area contributed by atoms with E-state index in [-0.39, 0.29) is 12.2 Å². The van der Waals surface area contributed by atoms with Crippen molar-refractivity contribution in [1.82, 2.24) is 9.55 Å². The van der Waals surface area contributed by atoms with Gasteiger partial charge in [0, 0.05) is 37.0 Å². The smallest absolute Gasteiger partial charge is 0.185 e. The van der Waals surface area contributed by atoms with Gasteiger partial charge < -0.3 is 9.67 Å². The molecule has 0 spiro atoms. The minimum atomic E-state index is -1.37. The summed E-state index contributed by atoms with van der Waals surface area (Å²) in [6, 6.07) is 7.85. The highest BCUT2D eigenvalue weighted by molar-refractivity contribution is 6.11. The number of carbonyl (C=O) groups is 1. The second kappa shape index (κ2) is 6.31. The van der Waals surface area contributed by atoms with Gasteiger partial charge in [0.2, 0.25) is 0 Å². The summed E-state index contributed by atoms with van der Waals surface area (Å²) in [6.07, 6.45) is 8.11. The van der Waals surface area contributed by atoms with Crippen LogP contribution in [0.15, 0.2) is 54.4 Å². The Hall–Kier alpha value is -2.90. The SMILES string of the molecule is Cc1ccc(C#CCC2(O)C=CC(=O)/C2=C/c2nccn2C)cc1. The van der Waals surface area contributed by atoms with Crippen molar-refractivity contribution < 1.29 is 9.90 Å². The molecule has 4 heteroatoms. The maximum atomic E-state index is 12.1. The number of carbonyl (C=O) groups excluding carboxylic acids is 1. The van der Waals surface area contributed by atoms with Gasteiger partial charge in [0.1, 0.15) is 11.4 Å². The number of imidazole rings is 1. The molecule has 1 aliphatic rings. The third-order valence-electron chi connectivity index (χ3n) is 4.02. The monoisotopic (exact) mass is 318 g/mol. The zero-order valence-electron chi connectivity index (χ0n) is 13.7. The Morgan fingerprint density at radius 1 is 1.33 bits per heavy atom. The molecule has 0 saturated heterocycles. The van der Waals surface area contributed by atoms with Crippen LogP contribution in [-0.2, 0) is 11.8 Å². The highest BCUT2D eigenvalue weighted by Gasteiger charge is 2.36. The first-order valence-electron chi connectivity index (χ1n) is 7.69. The zero-order valence-corrected chi connectivity index (χ0v) is 13.7. The maximum Gasteiger partial charge on any atom is 0.185 e. The first kappa shape index (κ1) is 16.0. The zero-order chi connectivity index (χ0) is 17.2. The molecular weight excluding hydrogens is 300 g/mol. The van der Waals surface area contributed by atoms with Crippen LogP contribution in [0, 0.1) is 18.8 Å². The summed E-state index contributed by atoms with van der Waals surface area (Å²) >= 11 is 0. The second-order valence-electron chi connectivity index (χ2n) is 5.92. The van der Waals surface area contributed by atoms with E-state index in [4.69, 9.17) is 0 Å². The Morgan fingerprint density at radius 2 is 2.08 bits per heavy atom. The number of aromatic nitrogens is 2. The lowest BCUT2D eigenvalue weighted by molar-refractivity contribution is -0.111. The summed E-state index contributed by atoms with van der Waals surface area (Å²) in [6.45, 7) is 2.02. The first-order valence-corrected chi connectivity index (χ1v) is 7.69. The molecule has 3 rings (SSSR count). The van der Waals surface area contributed by atoms with E-state index in [0.29, 0.717) is 11.4 Å². The van der Waals surface area contributed by atoms with E-state index >= 15 is 0 Å². The van der Waals surface area contributed by atoms with Crippen LogP contribution in [0.1, 0.15) is 23.4 Å². The van der Waals surface area contributed by atoms with Gasteiger partial charge in [-0.15, -0.1) is 0 Å². The lowest BCUT2D eigenvalue weighted by Gasteiger charge is -2.19. The second-order valence-corrected chi connectivity index (χ2v) is 5.92. The molecule has 1 N–H and O–H groups in total. The van der Waals surface area contributed by atoms with Crippen LogP contribution in [0.3, 0.4) is 0 Å². The van der Waals surface area contributed by atoms with Gasteiger partial charge >= 0.3 is 0 Å². The van der Waals surface area contributed by atoms with Gasteiger partial charge in [0.05, 0.1) is 0 Å². The fourth-order valence-electron chi connectivity index (χ4n) is 2.52. The van der Waals surface area contributed by atoms with Crippen LogP contribution in [0.4, 0.5) is 0 Å². The first-order chi connectivity index (χ1) is 11.5. The summed E-state index contributed by atoms with van der Waals surface area (Å²) in [7, 11) is 1.84. The fraction of sp³-hybridized carbons (Fsp3) is 0.200. The molecule has 1 aromatic carbocycles. The summed E-state index contributed by atoms with van der Waals surface area (Å²) in [5, 5.41) is 10.8. The molecule has 0 bridgehead atoms. The van der Waals surface area contributed by atoms with Crippen molar-refractivity contribution in [2.24, 2.45) is 7.05 Å². The minimum Gasteiger partial charge on any atom is -0.380 e. The topological polar surface area (TPSA) is 55.1 Å². The van der Waals surface area contributed by atoms with Crippen LogP contribution >= 0.6 is 0 Å². The van der Waals surface area contributed by atoms with E-state index in [9.17, 15) is 9.90 Å². The molecule has 1 aromatic heterocycles. The van der Waals surface area contributed by atoms with Gasteiger partial charge in [-0.3, -0.25) is 4.79 Å². The molecule has 0 amide bonds. The predicted molar refractivity (Wildman–Crippen MR) is 93.0 cm³/mol. The van der Waals surface area contributed by atoms with Crippen molar-refractivity contribution in [3.8, 4) is 11.8 Å². The normalized spacial score (nSPS) is 21.1. The molecule has 4 nitrogen and oxygen atoms in total. The third kappa shape index (κ3) is 3.22. The van der Waals surface area contributed by atoms with Crippen LogP contribution in [0.5, 0.6) is 0 Å². The van der Waals surface area contributed by atoms with Gasteiger partial charge in [0.25, 0.3) is 0 Å². The van der Waals surface area contributed by atoms with Gasteiger partial charge in [-0.05, 0) is 37.3 Å². The van der Waals surface area contributed by atoms with Crippen molar-refractivity contribution >= 4 is 11.9 Å². The molecule has 1 atom stereocenters. The number of aryl methyl sites for hydroxylation is 2. The average molecular weight is 318 g/mol. The van der Waals surface area contributed by atoms with E-state index in [0.717, 1.165) is 5.56 Å². The van der Waals surface area contributed by atoms with Crippen molar-refractivity contribution in [2.75, 3.05) is 0 Å². The third-order valence-corrected chi connectivity index (χ3v) is 4.02. The van der Waals surface area contributed by atoms with Crippen LogP contribution in [0.2, 0.25) is 0 Å². The number of rotatable bonds is 2. The van der Waals surface area contributed by atoms with Crippen LogP contribution in [-0.4, -0.2) is 26.0 Å². The molecule has 2 aromatic rings. The van der Waals surface area contributed by atoms with Gasteiger partial charge in [-0.2, -0.15) is 0 Å². The van der Waals surface area contributed by atoms with E-state index in [2.05, 4.69) is 16.8 Å². The molecule has 1 heterocycles. The predicted octanol–water partition coefficient (Wildman–Crippen LogP) is 2.42. The Balaban J connectivity index is 1.84. The standard InChI is InChI=1S/C20H18N2O2/c1-15-5-7-16(8-6-15)4-3-10-20(24)11-9-18(23)17(20)14-19-21-12-13-22(19)2/h5-9,11-14,24H,10H2,1-2H3/b17-14-. The molecule has 24 heavy (non-hydrogen) atoms. The number of benzene rings is 1. The molecular formula is C20H18N2O2. The Labute approximate surface area is 141 Å². The lowest BCUT2D eigenvalue weighted by Crippen LogP contribution is -2.27. The van der Waals surface area contributed by atoms with Crippen LogP contribution < -0.4 is 0 Å². The van der Waals surface area contributed by atoms with Crippen molar-refractivity contribution in [2.45, 2.75) is 18.9 Å². The number of aliphatic hydroxyl groups is 1. The summed E-state index contributed by atoms with van der Waals surface area (Å²) in [4.78, 5) is 16.3. The highest BCUT2D eigenvalue weighted by Crippen LogP contribution is 2.30. The molecule has 1 unspecified atom stereocenters. The Kier molecular flexibility index (Phi) is 4.20. The fourth-order valence-corrected chi connectivity index (χ4v) is 2.52. The largest absolute Gasteiger partial charge is 0.380 e. The Bertz CT molecular complexity index is 892. The number of nitrogens with zero attached hydrogens (tertiary/aromatic N) is 2. The summed E-state index contributed by atoms with van der Waals surface area (Å²) in [5.74, 6) is 6.41. The molecule has 0 saturated carbocycles. The Morgan fingerprint density at radius 3 is 2.75 bits per heavy atom. The quantitative estimate of drug-likeness (QED) is 0.683. The maximum absolute atomic E-state index is 12.1. The number of allylic oxidation sites excluding steroid dienone is 1. The van der Waals surface area contributed by atoms with Crippen LogP contribution in [0.25, 0.3) is 6.08 Å². The van der Waals surface area contributed by atoms with Gasteiger partial charge in [0.15, 0.2) is 5.78 Å². The van der Waals surface area contributed by atoms with Gasteiger partial charge in [-0.1, -0.05) is 29.5 Å². The average Bonchev–Trinajstić information content (AvgIpc) is 3.08. The van der Waals surface area contributed by atoms with E-state index in [1.165, 1.54) is 17.7 Å². The summed E-state index contributed by atoms with van der Waals surface area (Å²) in [5.41, 5.74) is 0.978. The summed E-state index contributed by atoms with van der Waals surface area (Å²) < 4.78 is 1.79. The molecule has 0 radical (unpaired) electrons. The number of hydrogen-bond donors (Lipinski definition) is 1. The number of hydrogen-bond acceptors (Lipinski definition) is 3. The van der Waals surface area contributed by atoms with E-state index in [1.807, 2.05) is 38.2 Å².